The first-order valence-corrected chi connectivity index (χ1v) is 9.11. The van der Waals surface area contributed by atoms with Gasteiger partial charge in [-0.05, 0) is 38.3 Å². The molecule has 0 amide bonds. The molecule has 1 heterocycles. The molecule has 1 aliphatic heterocycles. The third kappa shape index (κ3) is 1.95. The molecule has 3 rings (SSSR count). The topological polar surface area (TPSA) is 38.3 Å². The number of terminal acetylenes is 1. The van der Waals surface area contributed by atoms with Gasteiger partial charge >= 0.3 is 0 Å². The molecule has 1 spiro atoms. The van der Waals surface area contributed by atoms with Gasteiger partial charge in [0.25, 0.3) is 0 Å². The summed E-state index contributed by atoms with van der Waals surface area (Å²) >= 11 is 0. The molecule has 1 fully saturated rings. The van der Waals surface area contributed by atoms with Crippen molar-refractivity contribution in [1.82, 2.24) is 0 Å². The van der Waals surface area contributed by atoms with Crippen LogP contribution in [0, 0.1) is 12.3 Å². The maximum Gasteiger partial charge on any atom is 0.147 e. The second kappa shape index (κ2) is 4.05. The highest BCUT2D eigenvalue weighted by atomic mass is 31.2. The Hall–Kier alpha value is -1.39. The van der Waals surface area contributed by atoms with Gasteiger partial charge in [-0.3, -0.25) is 0 Å². The Bertz CT molecular complexity index is 620. The molecule has 4 heteroatoms. The second-order valence-electron chi connectivity index (χ2n) is 5.81. The SMILES string of the molecule is C#CCNc1ccc(P(C)(C)=O)c2c1OCC21CC1. The van der Waals surface area contributed by atoms with Crippen LogP contribution < -0.4 is 15.4 Å². The molecular weight excluding hydrogens is 257 g/mol. The Morgan fingerprint density at radius 3 is 2.79 bits per heavy atom. The summed E-state index contributed by atoms with van der Waals surface area (Å²) in [5, 5.41) is 4.16. The molecule has 1 saturated carbocycles. The molecule has 19 heavy (non-hydrogen) atoms. The average Bonchev–Trinajstić information content (AvgIpc) is 3.02. The van der Waals surface area contributed by atoms with Gasteiger partial charge < -0.3 is 14.6 Å². The molecule has 0 atom stereocenters. The van der Waals surface area contributed by atoms with E-state index in [1.54, 1.807) is 0 Å². The average molecular weight is 275 g/mol. The summed E-state index contributed by atoms with van der Waals surface area (Å²) in [6, 6.07) is 3.92. The van der Waals surface area contributed by atoms with E-state index in [9.17, 15) is 4.57 Å². The summed E-state index contributed by atoms with van der Waals surface area (Å²) in [6.07, 6.45) is 7.55. The zero-order valence-electron chi connectivity index (χ0n) is 11.3. The van der Waals surface area contributed by atoms with Gasteiger partial charge in [-0.2, -0.15) is 0 Å². The van der Waals surface area contributed by atoms with Crippen molar-refractivity contribution in [2.75, 3.05) is 31.8 Å². The van der Waals surface area contributed by atoms with Crippen LogP contribution in [0.3, 0.4) is 0 Å². The monoisotopic (exact) mass is 275 g/mol. The number of fused-ring (bicyclic) bond motifs is 2. The minimum absolute atomic E-state index is 0.125. The molecule has 0 bridgehead atoms. The van der Waals surface area contributed by atoms with Crippen molar-refractivity contribution in [2.24, 2.45) is 0 Å². The lowest BCUT2D eigenvalue weighted by molar-refractivity contribution is 0.325. The first-order valence-electron chi connectivity index (χ1n) is 6.51. The van der Waals surface area contributed by atoms with E-state index in [0.717, 1.165) is 29.6 Å². The van der Waals surface area contributed by atoms with Crippen LogP contribution >= 0.6 is 7.14 Å². The Morgan fingerprint density at radius 1 is 1.47 bits per heavy atom. The predicted molar refractivity (Wildman–Crippen MR) is 79.3 cm³/mol. The maximum absolute atomic E-state index is 12.5. The molecule has 1 aromatic carbocycles. The lowest BCUT2D eigenvalue weighted by Crippen LogP contribution is -2.18. The molecule has 1 aromatic rings. The van der Waals surface area contributed by atoms with Gasteiger partial charge in [0.1, 0.15) is 12.9 Å². The fraction of sp³-hybridized carbons (Fsp3) is 0.467. The zero-order chi connectivity index (χ0) is 13.7. The molecule has 0 unspecified atom stereocenters. The van der Waals surface area contributed by atoms with Crippen LogP contribution in [-0.2, 0) is 9.98 Å². The predicted octanol–water partition coefficient (Wildman–Crippen LogP) is 2.40. The number of benzene rings is 1. The van der Waals surface area contributed by atoms with Crippen LogP contribution in [0.15, 0.2) is 12.1 Å². The van der Waals surface area contributed by atoms with Gasteiger partial charge in [-0.1, -0.05) is 5.92 Å². The number of ether oxygens (including phenoxy) is 1. The fourth-order valence-corrected chi connectivity index (χ4v) is 4.11. The second-order valence-corrected chi connectivity index (χ2v) is 9.00. The van der Waals surface area contributed by atoms with Gasteiger partial charge in [0.2, 0.25) is 0 Å². The van der Waals surface area contributed by atoms with Crippen LogP contribution in [0.1, 0.15) is 18.4 Å². The summed E-state index contributed by atoms with van der Waals surface area (Å²) in [7, 11) is -2.29. The van der Waals surface area contributed by atoms with Crippen molar-refractivity contribution in [3.8, 4) is 18.1 Å². The first-order chi connectivity index (χ1) is 8.98. The Morgan fingerprint density at radius 2 is 2.21 bits per heavy atom. The van der Waals surface area contributed by atoms with Gasteiger partial charge in [-0.15, -0.1) is 6.42 Å². The number of rotatable bonds is 3. The van der Waals surface area contributed by atoms with E-state index in [0.29, 0.717) is 13.2 Å². The van der Waals surface area contributed by atoms with Crippen molar-refractivity contribution < 1.29 is 9.30 Å². The van der Waals surface area contributed by atoms with Crippen LogP contribution in [0.25, 0.3) is 0 Å². The summed E-state index contributed by atoms with van der Waals surface area (Å²) in [6.45, 7) is 4.83. The van der Waals surface area contributed by atoms with E-state index in [1.807, 2.05) is 25.5 Å². The normalized spacial score (nSPS) is 18.6. The Balaban J connectivity index is 2.14. The van der Waals surface area contributed by atoms with Crippen LogP contribution in [0.2, 0.25) is 0 Å². The summed E-state index contributed by atoms with van der Waals surface area (Å²) in [5.74, 6) is 3.44. The van der Waals surface area contributed by atoms with Crippen LogP contribution in [-0.4, -0.2) is 26.5 Å². The van der Waals surface area contributed by atoms with Crippen molar-refractivity contribution in [3.63, 3.8) is 0 Å². The van der Waals surface area contributed by atoms with Gasteiger partial charge in [0.05, 0.1) is 18.8 Å². The van der Waals surface area contributed by atoms with E-state index in [4.69, 9.17) is 11.2 Å². The molecule has 0 aromatic heterocycles. The number of nitrogens with one attached hydrogen (secondary N) is 1. The number of hydrogen-bond donors (Lipinski definition) is 1. The molecule has 100 valence electrons. The Kier molecular flexibility index (Phi) is 2.69. The molecule has 0 radical (unpaired) electrons. The van der Waals surface area contributed by atoms with E-state index in [-0.39, 0.29) is 5.41 Å². The van der Waals surface area contributed by atoms with Crippen molar-refractivity contribution in [1.29, 1.82) is 0 Å². The standard InChI is InChI=1S/C15H18NO2P/c1-4-9-16-11-5-6-12(19(2,3)17)13-14(11)18-10-15(13)7-8-15/h1,5-6,16H,7-10H2,2-3H3. The van der Waals surface area contributed by atoms with Crippen molar-refractivity contribution in [3.05, 3.63) is 17.7 Å². The van der Waals surface area contributed by atoms with Crippen LogP contribution in [0.4, 0.5) is 5.69 Å². The van der Waals surface area contributed by atoms with Gasteiger partial charge in [-0.25, -0.2) is 0 Å². The third-order valence-electron chi connectivity index (χ3n) is 3.97. The largest absolute Gasteiger partial charge is 0.490 e. The molecule has 1 N–H and O–H groups in total. The Labute approximate surface area is 114 Å². The molecule has 0 saturated heterocycles. The third-order valence-corrected chi connectivity index (χ3v) is 5.51. The van der Waals surface area contributed by atoms with E-state index in [2.05, 4.69) is 11.2 Å². The van der Waals surface area contributed by atoms with E-state index >= 15 is 0 Å². The van der Waals surface area contributed by atoms with Gasteiger partial charge in [0, 0.05) is 16.3 Å². The smallest absolute Gasteiger partial charge is 0.147 e. The first kappa shape index (κ1) is 12.6. The lowest BCUT2D eigenvalue weighted by atomic mass is 9.98. The molecule has 1 aliphatic carbocycles. The maximum atomic E-state index is 12.5. The van der Waals surface area contributed by atoms with E-state index < -0.39 is 7.14 Å². The number of anilines is 1. The highest BCUT2D eigenvalue weighted by molar-refractivity contribution is 7.70. The summed E-state index contributed by atoms with van der Waals surface area (Å²) in [4.78, 5) is 0. The van der Waals surface area contributed by atoms with Crippen molar-refractivity contribution in [2.45, 2.75) is 18.3 Å². The highest BCUT2D eigenvalue weighted by Crippen LogP contribution is 2.59. The highest BCUT2D eigenvalue weighted by Gasteiger charge is 2.53. The summed E-state index contributed by atoms with van der Waals surface area (Å²) < 4.78 is 18.4. The minimum Gasteiger partial charge on any atom is -0.490 e. The molecule has 2 aliphatic rings. The van der Waals surface area contributed by atoms with Crippen LogP contribution in [0.5, 0.6) is 5.75 Å². The number of hydrogen-bond acceptors (Lipinski definition) is 3. The fourth-order valence-electron chi connectivity index (χ4n) is 2.80. The van der Waals surface area contributed by atoms with Crippen molar-refractivity contribution >= 4 is 18.1 Å². The van der Waals surface area contributed by atoms with E-state index in [1.165, 1.54) is 5.56 Å². The summed E-state index contributed by atoms with van der Waals surface area (Å²) in [5.41, 5.74) is 2.22. The molecular formula is C15H18NO2P. The van der Waals surface area contributed by atoms with Gasteiger partial charge in [0.15, 0.2) is 0 Å². The molecule has 3 nitrogen and oxygen atoms in total. The quantitative estimate of drug-likeness (QED) is 0.680. The zero-order valence-corrected chi connectivity index (χ0v) is 12.2. The lowest BCUT2D eigenvalue weighted by Gasteiger charge is -2.17. The minimum atomic E-state index is -2.29.